The molecule has 44 heavy (non-hydrogen) atoms. The topological polar surface area (TPSA) is 79.3 Å². The van der Waals surface area contributed by atoms with Crippen LogP contribution < -0.4 is 9.80 Å². The van der Waals surface area contributed by atoms with Crippen LogP contribution in [0.4, 0.5) is 21.0 Å². The van der Waals surface area contributed by atoms with E-state index in [0.717, 1.165) is 39.0 Å². The summed E-state index contributed by atoms with van der Waals surface area (Å²) in [6.07, 6.45) is 3.37. The average molecular weight is 670 g/mol. The van der Waals surface area contributed by atoms with Crippen LogP contribution in [0.5, 0.6) is 0 Å². The molecule has 0 fully saturated rings. The molecule has 2 aliphatic heterocycles. The van der Waals surface area contributed by atoms with Gasteiger partial charge in [0.05, 0.1) is 29.1 Å². The van der Waals surface area contributed by atoms with Gasteiger partial charge in [0.15, 0.2) is 0 Å². The summed E-state index contributed by atoms with van der Waals surface area (Å²) in [5.41, 5.74) is 5.86. The second-order valence-corrected chi connectivity index (χ2v) is 15.2. The summed E-state index contributed by atoms with van der Waals surface area (Å²) in [6, 6.07) is 12.0. The van der Waals surface area contributed by atoms with Crippen LogP contribution in [0.2, 0.25) is 0 Å². The van der Waals surface area contributed by atoms with Crippen molar-refractivity contribution in [3.05, 3.63) is 70.8 Å². The van der Waals surface area contributed by atoms with Gasteiger partial charge in [0.2, 0.25) is 0 Å². The molecule has 4 rings (SSSR count). The van der Waals surface area contributed by atoms with Crippen molar-refractivity contribution in [1.29, 1.82) is 0 Å². The van der Waals surface area contributed by atoms with Crippen molar-refractivity contribution in [2.75, 3.05) is 21.7 Å². The summed E-state index contributed by atoms with van der Waals surface area (Å²) < 4.78 is 11.2. The first kappa shape index (κ1) is 35.4. The summed E-state index contributed by atoms with van der Waals surface area (Å²) in [4.78, 5) is 28.8. The minimum atomic E-state index is -0.567. The van der Waals surface area contributed by atoms with Gasteiger partial charge < -0.3 is 14.6 Å². The van der Waals surface area contributed by atoms with Gasteiger partial charge in [-0.2, -0.15) is 0 Å². The number of ether oxygens (including phenoxy) is 2. The molecule has 7 nitrogen and oxygen atoms in total. The molecule has 0 spiro atoms. The molecule has 2 heterocycles. The van der Waals surface area contributed by atoms with Crippen molar-refractivity contribution >= 4 is 50.6 Å². The lowest BCUT2D eigenvalue weighted by atomic mass is 9.88. The fourth-order valence-corrected chi connectivity index (χ4v) is 5.95. The van der Waals surface area contributed by atoms with E-state index in [-0.39, 0.29) is 18.8 Å². The summed E-state index contributed by atoms with van der Waals surface area (Å²) in [5, 5.41) is 10.4. The number of carbonyl (C=O) groups excluding carboxylic acids is 2. The zero-order valence-electron chi connectivity index (χ0n) is 28.4. The number of alkyl halides is 1. The average Bonchev–Trinajstić information content (AvgIpc) is 2.85. The molecule has 0 atom stereocenters. The van der Waals surface area contributed by atoms with Crippen LogP contribution >= 0.6 is 15.9 Å². The SMILES string of the molecule is Cc1ccc2c(c1)C(CBr)=CC(C)(C)N2C(=O)OC(C)(C)C.Cc1ccc2c(c1)C(CO)=CC(C)(C)N2C(=O)OC(C)(C)C. The molecular weight excluding hydrogens is 620 g/mol. The molecule has 2 aromatic carbocycles. The highest BCUT2D eigenvalue weighted by Crippen LogP contribution is 2.42. The first-order chi connectivity index (χ1) is 20.1. The second kappa shape index (κ2) is 12.7. The second-order valence-electron chi connectivity index (χ2n) is 14.6. The standard InChI is InChI=1S/C18H24BrNO2.C18H25NO3/c1-12-7-8-15-14(9-12)13(11-19)10-18(5,6)20(15)16(21)22-17(2,3)4;1-12-7-8-15-14(9-12)13(11-20)10-18(5,6)19(15)16(21)22-17(2,3)4/h7-10H,11H2,1-6H3;7-10,20H,11H2,1-6H3. The number of hydrogen-bond donors (Lipinski definition) is 1. The zero-order chi connectivity index (χ0) is 33.4. The lowest BCUT2D eigenvalue weighted by Crippen LogP contribution is -2.51. The van der Waals surface area contributed by atoms with Crippen LogP contribution in [0.25, 0.3) is 11.1 Å². The molecule has 8 heteroatoms. The number of aliphatic hydroxyl groups is 1. The maximum Gasteiger partial charge on any atom is 0.415 e. The minimum Gasteiger partial charge on any atom is -0.443 e. The van der Waals surface area contributed by atoms with Crippen LogP contribution in [0.15, 0.2) is 48.6 Å². The maximum absolute atomic E-state index is 12.7. The normalized spacial score (nSPS) is 16.9. The molecular formula is C36H49BrN2O5. The van der Waals surface area contributed by atoms with Crippen LogP contribution in [0.1, 0.15) is 91.5 Å². The Hall–Kier alpha value is -3.10. The molecule has 2 aliphatic rings. The van der Waals surface area contributed by atoms with Crippen molar-refractivity contribution < 1.29 is 24.2 Å². The van der Waals surface area contributed by atoms with Crippen molar-refractivity contribution in [3.63, 3.8) is 0 Å². The Morgan fingerprint density at radius 2 is 1.09 bits per heavy atom. The van der Waals surface area contributed by atoms with E-state index in [0.29, 0.717) is 0 Å². The highest BCUT2D eigenvalue weighted by atomic mass is 79.9. The van der Waals surface area contributed by atoms with Crippen LogP contribution in [0.3, 0.4) is 0 Å². The van der Waals surface area contributed by atoms with Crippen LogP contribution in [0, 0.1) is 13.8 Å². The van der Waals surface area contributed by atoms with Gasteiger partial charge in [0.1, 0.15) is 11.2 Å². The van der Waals surface area contributed by atoms with Crippen LogP contribution in [-0.2, 0) is 9.47 Å². The monoisotopic (exact) mass is 668 g/mol. The number of allylic oxidation sites excluding steroid dienone is 1. The Morgan fingerprint density at radius 1 is 0.727 bits per heavy atom. The highest BCUT2D eigenvalue weighted by molar-refractivity contribution is 9.09. The molecule has 0 bridgehead atoms. The van der Waals surface area contributed by atoms with Gasteiger partial charge in [-0.05, 0) is 118 Å². The molecule has 2 amide bonds. The lowest BCUT2D eigenvalue weighted by molar-refractivity contribution is 0.0544. The predicted octanol–water partition coefficient (Wildman–Crippen LogP) is 9.21. The van der Waals surface area contributed by atoms with E-state index < -0.39 is 22.3 Å². The van der Waals surface area contributed by atoms with Gasteiger partial charge in [-0.25, -0.2) is 9.59 Å². The largest absolute Gasteiger partial charge is 0.443 e. The fraction of sp³-hybridized carbons (Fsp3) is 0.500. The molecule has 0 saturated heterocycles. The Morgan fingerprint density at radius 3 is 1.43 bits per heavy atom. The Kier molecular flexibility index (Phi) is 10.2. The molecule has 0 saturated carbocycles. The molecule has 240 valence electrons. The molecule has 0 aromatic heterocycles. The smallest absolute Gasteiger partial charge is 0.415 e. The number of benzene rings is 2. The predicted molar refractivity (Wildman–Crippen MR) is 185 cm³/mol. The first-order valence-electron chi connectivity index (χ1n) is 15.0. The third kappa shape index (κ3) is 8.13. The number of nitrogens with zero attached hydrogens (tertiary/aromatic N) is 2. The zero-order valence-corrected chi connectivity index (χ0v) is 30.0. The number of anilines is 2. The number of hydrogen-bond acceptors (Lipinski definition) is 5. The van der Waals surface area contributed by atoms with Gasteiger partial charge in [-0.3, -0.25) is 9.80 Å². The summed E-state index contributed by atoms with van der Waals surface area (Å²) in [7, 11) is 0. The number of amides is 2. The highest BCUT2D eigenvalue weighted by Gasteiger charge is 2.40. The Bertz CT molecular complexity index is 1360. The number of rotatable bonds is 2. The van der Waals surface area contributed by atoms with Gasteiger partial charge in [0.25, 0.3) is 0 Å². The molecule has 0 radical (unpaired) electrons. The quantitative estimate of drug-likeness (QED) is 0.323. The third-order valence-corrected chi connectivity index (χ3v) is 7.76. The Balaban J connectivity index is 0.000000240. The fourth-order valence-electron chi connectivity index (χ4n) is 5.49. The summed E-state index contributed by atoms with van der Waals surface area (Å²) in [6.45, 7) is 23.2. The van der Waals surface area contributed by atoms with Crippen molar-refractivity contribution in [2.45, 2.75) is 105 Å². The van der Waals surface area contributed by atoms with E-state index in [1.165, 1.54) is 11.1 Å². The number of aryl methyl sites for hydroxylation is 2. The van der Waals surface area contributed by atoms with E-state index in [9.17, 15) is 14.7 Å². The number of halogens is 1. The molecule has 1 N–H and O–H groups in total. The summed E-state index contributed by atoms with van der Waals surface area (Å²) in [5.74, 6) is 0. The van der Waals surface area contributed by atoms with E-state index in [1.807, 2.05) is 113 Å². The van der Waals surface area contributed by atoms with Crippen molar-refractivity contribution in [3.8, 4) is 0 Å². The maximum atomic E-state index is 12.7. The molecule has 0 aliphatic carbocycles. The van der Waals surface area contributed by atoms with E-state index in [4.69, 9.17) is 9.47 Å². The van der Waals surface area contributed by atoms with Gasteiger partial charge >= 0.3 is 12.2 Å². The van der Waals surface area contributed by atoms with E-state index >= 15 is 0 Å². The van der Waals surface area contributed by atoms with E-state index in [2.05, 4.69) is 35.0 Å². The van der Waals surface area contributed by atoms with Gasteiger partial charge in [-0.15, -0.1) is 0 Å². The summed E-state index contributed by atoms with van der Waals surface area (Å²) >= 11 is 3.56. The van der Waals surface area contributed by atoms with Crippen LogP contribution in [-0.4, -0.2) is 51.5 Å². The number of aliphatic hydroxyl groups excluding tert-OH is 1. The van der Waals surface area contributed by atoms with Gasteiger partial charge in [0, 0.05) is 16.5 Å². The lowest BCUT2D eigenvalue weighted by Gasteiger charge is -2.42. The minimum absolute atomic E-state index is 0.0535. The number of fused-ring (bicyclic) bond motifs is 2. The number of carbonyl (C=O) groups is 2. The Labute approximate surface area is 272 Å². The molecule has 2 aromatic rings. The third-order valence-electron chi connectivity index (χ3n) is 7.15. The first-order valence-corrected chi connectivity index (χ1v) is 16.1. The van der Waals surface area contributed by atoms with Gasteiger partial charge in [-0.1, -0.05) is 51.3 Å². The van der Waals surface area contributed by atoms with Crippen molar-refractivity contribution in [2.24, 2.45) is 0 Å². The molecule has 0 unspecified atom stereocenters. The van der Waals surface area contributed by atoms with Crippen molar-refractivity contribution in [1.82, 2.24) is 0 Å². The van der Waals surface area contributed by atoms with E-state index in [1.54, 1.807) is 9.80 Å².